The highest BCUT2D eigenvalue weighted by molar-refractivity contribution is 9.10. The van der Waals surface area contributed by atoms with Gasteiger partial charge in [-0.25, -0.2) is 4.39 Å². The lowest BCUT2D eigenvalue weighted by Crippen LogP contribution is -2.35. The van der Waals surface area contributed by atoms with Gasteiger partial charge < -0.3 is 10.2 Å². The van der Waals surface area contributed by atoms with Gasteiger partial charge in [-0.3, -0.25) is 9.59 Å². The molecule has 1 N–H and O–H groups in total. The number of hydrogen-bond donors (Lipinski definition) is 1. The van der Waals surface area contributed by atoms with Crippen molar-refractivity contribution < 1.29 is 14.0 Å². The van der Waals surface area contributed by atoms with Crippen LogP contribution in [0, 0.1) is 12.7 Å². The lowest BCUT2D eigenvalue weighted by molar-refractivity contribution is -0.116. The zero-order valence-electron chi connectivity index (χ0n) is 12.8. The van der Waals surface area contributed by atoms with Crippen molar-refractivity contribution in [1.29, 1.82) is 0 Å². The molecule has 2 rings (SSSR count). The van der Waals surface area contributed by atoms with Crippen molar-refractivity contribution in [3.05, 3.63) is 63.9 Å². The molecular weight excluding hydrogens is 363 g/mol. The molecule has 0 atom stereocenters. The number of nitrogens with one attached hydrogen (secondary N) is 1. The van der Waals surface area contributed by atoms with E-state index in [1.807, 2.05) is 19.1 Å². The summed E-state index contributed by atoms with van der Waals surface area (Å²) in [5, 5.41) is 2.71. The molecule has 0 radical (unpaired) electrons. The van der Waals surface area contributed by atoms with Gasteiger partial charge in [-0.1, -0.05) is 17.7 Å². The maximum Gasteiger partial charge on any atom is 0.255 e. The second-order valence-corrected chi connectivity index (χ2v) is 6.05. The van der Waals surface area contributed by atoms with E-state index in [1.54, 1.807) is 12.1 Å². The molecule has 0 unspecified atom stereocenters. The average molecular weight is 379 g/mol. The van der Waals surface area contributed by atoms with E-state index in [0.717, 1.165) is 11.6 Å². The number of amides is 2. The van der Waals surface area contributed by atoms with Gasteiger partial charge in [0.2, 0.25) is 5.91 Å². The Morgan fingerprint density at radius 2 is 1.83 bits per heavy atom. The van der Waals surface area contributed by atoms with E-state index in [0.29, 0.717) is 10.2 Å². The first-order chi connectivity index (χ1) is 10.9. The number of halogens is 2. The van der Waals surface area contributed by atoms with Gasteiger partial charge in [-0.05, 0) is 53.2 Å². The highest BCUT2D eigenvalue weighted by Gasteiger charge is 2.18. The molecule has 0 aromatic heterocycles. The smallest absolute Gasteiger partial charge is 0.255 e. The van der Waals surface area contributed by atoms with E-state index in [4.69, 9.17) is 0 Å². The van der Waals surface area contributed by atoms with Gasteiger partial charge in [-0.15, -0.1) is 0 Å². The standard InChI is InChI=1S/C17H16BrFN2O2/c1-11-3-6-13(7-4-11)20-16(22)10-21(2)17(23)14-9-12(19)5-8-15(14)18/h3-9H,10H2,1-2H3,(H,20,22). The van der Waals surface area contributed by atoms with Crippen LogP contribution in [0.2, 0.25) is 0 Å². The summed E-state index contributed by atoms with van der Waals surface area (Å²) < 4.78 is 13.8. The quantitative estimate of drug-likeness (QED) is 0.883. The maximum absolute atomic E-state index is 13.3. The van der Waals surface area contributed by atoms with Crippen LogP contribution in [-0.2, 0) is 4.79 Å². The summed E-state index contributed by atoms with van der Waals surface area (Å²) in [4.78, 5) is 25.5. The number of carbonyl (C=O) groups is 2. The summed E-state index contributed by atoms with van der Waals surface area (Å²) >= 11 is 3.21. The second-order valence-electron chi connectivity index (χ2n) is 5.20. The number of aryl methyl sites for hydroxylation is 1. The minimum absolute atomic E-state index is 0.129. The van der Waals surface area contributed by atoms with Crippen molar-refractivity contribution in [3.8, 4) is 0 Å². The lowest BCUT2D eigenvalue weighted by Gasteiger charge is -2.17. The minimum Gasteiger partial charge on any atom is -0.332 e. The third-order valence-corrected chi connectivity index (χ3v) is 3.91. The van der Waals surface area contributed by atoms with Crippen LogP contribution in [0.4, 0.5) is 10.1 Å². The molecule has 0 aliphatic heterocycles. The average Bonchev–Trinajstić information content (AvgIpc) is 2.51. The van der Waals surface area contributed by atoms with Gasteiger partial charge in [0, 0.05) is 17.2 Å². The maximum atomic E-state index is 13.3. The normalized spacial score (nSPS) is 10.3. The molecule has 2 aromatic rings. The van der Waals surface area contributed by atoms with Gasteiger partial charge >= 0.3 is 0 Å². The SMILES string of the molecule is Cc1ccc(NC(=O)CN(C)C(=O)c2cc(F)ccc2Br)cc1. The summed E-state index contributed by atoms with van der Waals surface area (Å²) in [6.07, 6.45) is 0. The topological polar surface area (TPSA) is 49.4 Å². The number of benzene rings is 2. The van der Waals surface area contributed by atoms with Crippen molar-refractivity contribution in [2.45, 2.75) is 6.92 Å². The van der Waals surface area contributed by atoms with Crippen molar-refractivity contribution in [3.63, 3.8) is 0 Å². The Labute approximate surface area is 142 Å². The fourth-order valence-corrected chi connectivity index (χ4v) is 2.41. The lowest BCUT2D eigenvalue weighted by atomic mass is 10.2. The van der Waals surface area contributed by atoms with Crippen LogP contribution in [0.3, 0.4) is 0 Å². The van der Waals surface area contributed by atoms with Crippen LogP contribution in [0.25, 0.3) is 0 Å². The number of rotatable bonds is 4. The van der Waals surface area contributed by atoms with Crippen LogP contribution < -0.4 is 5.32 Å². The van der Waals surface area contributed by atoms with Gasteiger partial charge in [0.05, 0.1) is 12.1 Å². The highest BCUT2D eigenvalue weighted by Crippen LogP contribution is 2.19. The molecule has 0 spiro atoms. The van der Waals surface area contributed by atoms with E-state index < -0.39 is 11.7 Å². The molecule has 0 fully saturated rings. The molecule has 0 saturated heterocycles. The van der Waals surface area contributed by atoms with Crippen LogP contribution in [0.1, 0.15) is 15.9 Å². The predicted molar refractivity (Wildman–Crippen MR) is 90.9 cm³/mol. The van der Waals surface area contributed by atoms with E-state index in [-0.39, 0.29) is 18.0 Å². The monoisotopic (exact) mass is 378 g/mol. The van der Waals surface area contributed by atoms with Crippen molar-refractivity contribution in [2.75, 3.05) is 18.9 Å². The Morgan fingerprint density at radius 3 is 2.48 bits per heavy atom. The third-order valence-electron chi connectivity index (χ3n) is 3.22. The van der Waals surface area contributed by atoms with Crippen LogP contribution in [-0.4, -0.2) is 30.3 Å². The minimum atomic E-state index is -0.506. The molecule has 2 amide bonds. The molecule has 23 heavy (non-hydrogen) atoms. The fourth-order valence-electron chi connectivity index (χ4n) is 1.99. The van der Waals surface area contributed by atoms with E-state index in [9.17, 15) is 14.0 Å². The number of anilines is 1. The Bertz CT molecular complexity index is 732. The van der Waals surface area contributed by atoms with Gasteiger partial charge in [0.15, 0.2) is 0 Å². The predicted octanol–water partition coefficient (Wildman–Crippen LogP) is 3.61. The molecule has 0 heterocycles. The van der Waals surface area contributed by atoms with Crippen LogP contribution in [0.15, 0.2) is 46.9 Å². The first-order valence-corrected chi connectivity index (χ1v) is 7.73. The first kappa shape index (κ1) is 17.1. The molecule has 6 heteroatoms. The van der Waals surface area contributed by atoms with Gasteiger partial charge in [-0.2, -0.15) is 0 Å². The Hall–Kier alpha value is -2.21. The molecule has 2 aromatic carbocycles. The van der Waals surface area contributed by atoms with Gasteiger partial charge in [0.1, 0.15) is 5.82 Å². The molecular formula is C17H16BrFN2O2. The number of nitrogens with zero attached hydrogens (tertiary/aromatic N) is 1. The summed E-state index contributed by atoms with van der Waals surface area (Å²) in [5.41, 5.74) is 1.93. The van der Waals surface area contributed by atoms with Crippen molar-refractivity contribution in [2.24, 2.45) is 0 Å². The zero-order valence-corrected chi connectivity index (χ0v) is 14.4. The summed E-state index contributed by atoms with van der Waals surface area (Å²) in [7, 11) is 1.49. The van der Waals surface area contributed by atoms with Crippen molar-refractivity contribution in [1.82, 2.24) is 4.90 Å². The van der Waals surface area contributed by atoms with E-state index in [1.165, 1.54) is 24.1 Å². The molecule has 4 nitrogen and oxygen atoms in total. The van der Waals surface area contributed by atoms with Crippen LogP contribution in [0.5, 0.6) is 0 Å². The zero-order chi connectivity index (χ0) is 17.0. The number of likely N-dealkylation sites (N-methyl/N-ethyl adjacent to an activating group) is 1. The molecule has 0 bridgehead atoms. The summed E-state index contributed by atoms with van der Waals surface area (Å²) in [5.74, 6) is -1.26. The Morgan fingerprint density at radius 1 is 1.17 bits per heavy atom. The Kier molecular flexibility index (Phi) is 5.50. The summed E-state index contributed by atoms with van der Waals surface area (Å²) in [6, 6.07) is 11.2. The highest BCUT2D eigenvalue weighted by atomic mass is 79.9. The molecule has 0 aliphatic rings. The molecule has 120 valence electrons. The van der Waals surface area contributed by atoms with E-state index >= 15 is 0 Å². The summed E-state index contributed by atoms with van der Waals surface area (Å²) in [6.45, 7) is 1.82. The van der Waals surface area contributed by atoms with Gasteiger partial charge in [0.25, 0.3) is 5.91 Å². The molecule has 0 aliphatic carbocycles. The largest absolute Gasteiger partial charge is 0.332 e. The fraction of sp³-hybridized carbons (Fsp3) is 0.176. The van der Waals surface area contributed by atoms with E-state index in [2.05, 4.69) is 21.2 Å². The second kappa shape index (κ2) is 7.37. The Balaban J connectivity index is 2.01. The first-order valence-electron chi connectivity index (χ1n) is 6.94. The van der Waals surface area contributed by atoms with Crippen molar-refractivity contribution >= 4 is 33.4 Å². The number of hydrogen-bond acceptors (Lipinski definition) is 2. The molecule has 0 saturated carbocycles. The third kappa shape index (κ3) is 4.63. The number of carbonyl (C=O) groups excluding carboxylic acids is 2. The van der Waals surface area contributed by atoms with Crippen LogP contribution >= 0.6 is 15.9 Å².